The predicted octanol–water partition coefficient (Wildman–Crippen LogP) is 0.694. The van der Waals surface area contributed by atoms with E-state index in [-0.39, 0.29) is 6.03 Å². The van der Waals surface area contributed by atoms with Gasteiger partial charge >= 0.3 is 6.03 Å². The van der Waals surface area contributed by atoms with Crippen LogP contribution in [0.1, 0.15) is 13.3 Å². The molecule has 0 aromatic rings. The van der Waals surface area contributed by atoms with Gasteiger partial charge in [0.1, 0.15) is 0 Å². The molecule has 0 aromatic carbocycles. The van der Waals surface area contributed by atoms with Crippen molar-refractivity contribution in [2.24, 2.45) is 5.92 Å². The Morgan fingerprint density at radius 3 is 2.53 bits per heavy atom. The van der Waals surface area contributed by atoms with Crippen LogP contribution in [0.4, 0.5) is 4.79 Å². The third-order valence-corrected chi connectivity index (χ3v) is 3.83. The largest absolute Gasteiger partial charge is 0.323 e. The zero-order chi connectivity index (χ0) is 11.0. The predicted molar refractivity (Wildman–Crippen MR) is 59.8 cm³/mol. The fourth-order valence-corrected chi connectivity index (χ4v) is 2.80. The number of rotatable bonds is 2. The highest BCUT2D eigenvalue weighted by atomic mass is 16.2. The first kappa shape index (κ1) is 10.7. The molecule has 0 saturated carbocycles. The second-order valence-electron chi connectivity index (χ2n) is 4.81. The Kier molecular flexibility index (Phi) is 2.87. The van der Waals surface area contributed by atoms with Crippen molar-refractivity contribution in [1.29, 1.82) is 0 Å². The van der Waals surface area contributed by atoms with Crippen LogP contribution in [-0.2, 0) is 0 Å². The molecule has 2 unspecified atom stereocenters. The highest BCUT2D eigenvalue weighted by Gasteiger charge is 2.40. The normalized spacial score (nSPS) is 33.1. The van der Waals surface area contributed by atoms with Crippen molar-refractivity contribution in [3.63, 3.8) is 0 Å². The summed E-state index contributed by atoms with van der Waals surface area (Å²) in [5.74, 6) is 0.667. The first-order valence-corrected chi connectivity index (χ1v) is 5.83. The topological polar surface area (TPSA) is 26.8 Å². The Bertz CT molecular complexity index is 256. The molecule has 2 aliphatic rings. The van der Waals surface area contributed by atoms with Gasteiger partial charge in [0.15, 0.2) is 0 Å². The van der Waals surface area contributed by atoms with Gasteiger partial charge in [0.2, 0.25) is 0 Å². The first-order valence-electron chi connectivity index (χ1n) is 5.83. The molecule has 2 saturated heterocycles. The highest BCUT2D eigenvalue weighted by molar-refractivity contribution is 5.76. The molecule has 2 heterocycles. The molecular formula is C11H21N3O. The minimum Gasteiger partial charge on any atom is -0.323 e. The second kappa shape index (κ2) is 4.00. The molecule has 15 heavy (non-hydrogen) atoms. The third kappa shape index (κ3) is 1.83. The summed E-state index contributed by atoms with van der Waals surface area (Å²) >= 11 is 0. The van der Waals surface area contributed by atoms with E-state index < -0.39 is 0 Å². The quantitative estimate of drug-likeness (QED) is 0.672. The minimum atomic E-state index is 0.206. The fourth-order valence-electron chi connectivity index (χ4n) is 2.80. The summed E-state index contributed by atoms with van der Waals surface area (Å²) in [6.07, 6.45) is 1.23. The summed E-state index contributed by atoms with van der Waals surface area (Å²) in [5.41, 5.74) is 0. The lowest BCUT2D eigenvalue weighted by Gasteiger charge is -2.23. The molecule has 86 valence electrons. The number of carbonyl (C=O) groups is 1. The Morgan fingerprint density at radius 1 is 1.33 bits per heavy atom. The number of hydrogen-bond donors (Lipinski definition) is 0. The average molecular weight is 211 g/mol. The molecule has 2 fully saturated rings. The average Bonchev–Trinajstić information content (AvgIpc) is 2.74. The van der Waals surface area contributed by atoms with Gasteiger partial charge in [-0.3, -0.25) is 0 Å². The summed E-state index contributed by atoms with van der Waals surface area (Å²) in [6, 6.07) is 0.638. The number of nitrogens with zero attached hydrogens (tertiary/aromatic N) is 3. The zero-order valence-corrected chi connectivity index (χ0v) is 9.94. The van der Waals surface area contributed by atoms with E-state index in [2.05, 4.69) is 18.9 Å². The molecule has 2 atom stereocenters. The van der Waals surface area contributed by atoms with Crippen molar-refractivity contribution < 1.29 is 4.79 Å². The molecule has 0 spiro atoms. The molecule has 2 rings (SSSR count). The molecule has 0 aromatic heterocycles. The summed E-state index contributed by atoms with van der Waals surface area (Å²) in [5, 5.41) is 0. The molecule has 2 amide bonds. The van der Waals surface area contributed by atoms with Crippen molar-refractivity contribution in [3.8, 4) is 0 Å². The van der Waals surface area contributed by atoms with Crippen LogP contribution in [0, 0.1) is 5.92 Å². The van der Waals surface area contributed by atoms with Crippen LogP contribution in [0.2, 0.25) is 0 Å². The third-order valence-electron chi connectivity index (χ3n) is 3.83. The monoisotopic (exact) mass is 211 g/mol. The number of hydrogen-bond acceptors (Lipinski definition) is 2. The van der Waals surface area contributed by atoms with Crippen molar-refractivity contribution in [3.05, 3.63) is 0 Å². The summed E-state index contributed by atoms with van der Waals surface area (Å²) in [6.45, 7) is 6.12. The summed E-state index contributed by atoms with van der Waals surface area (Å²) in [4.78, 5) is 18.1. The molecule has 0 aliphatic carbocycles. The Hall–Kier alpha value is -0.770. The number of likely N-dealkylation sites (N-methyl/N-ethyl adjacent to an activating group) is 2. The van der Waals surface area contributed by atoms with E-state index in [9.17, 15) is 4.79 Å². The van der Waals surface area contributed by atoms with E-state index in [0.29, 0.717) is 12.0 Å². The number of urea groups is 1. The lowest BCUT2D eigenvalue weighted by atomic mass is 9.99. The van der Waals surface area contributed by atoms with Crippen molar-refractivity contribution >= 4 is 6.03 Å². The molecule has 0 bridgehead atoms. The Labute approximate surface area is 91.8 Å². The van der Waals surface area contributed by atoms with E-state index in [1.165, 1.54) is 13.0 Å². The maximum atomic E-state index is 11.8. The Balaban J connectivity index is 2.02. The van der Waals surface area contributed by atoms with Crippen LogP contribution in [0.3, 0.4) is 0 Å². The standard InChI is InChI=1S/C11H21N3O/c1-4-14-8-10(13(3)11(14)15)9-5-6-12(2)7-9/h9-10H,4-8H2,1-3H3. The van der Waals surface area contributed by atoms with Gasteiger partial charge in [0.25, 0.3) is 0 Å². The molecule has 4 heteroatoms. The van der Waals surface area contributed by atoms with E-state index in [4.69, 9.17) is 0 Å². The maximum Gasteiger partial charge on any atom is 0.320 e. The summed E-state index contributed by atoms with van der Waals surface area (Å²) in [7, 11) is 4.11. The SMILES string of the molecule is CCN1CC(C2CCN(C)C2)N(C)C1=O. The zero-order valence-electron chi connectivity index (χ0n) is 9.94. The van der Waals surface area contributed by atoms with Crippen LogP contribution in [0.15, 0.2) is 0 Å². The van der Waals surface area contributed by atoms with Crippen LogP contribution < -0.4 is 0 Å². The smallest absolute Gasteiger partial charge is 0.320 e. The molecule has 2 aliphatic heterocycles. The van der Waals surface area contributed by atoms with Crippen LogP contribution in [0.5, 0.6) is 0 Å². The van der Waals surface area contributed by atoms with Gasteiger partial charge in [-0.2, -0.15) is 0 Å². The lowest BCUT2D eigenvalue weighted by molar-refractivity contribution is 0.190. The van der Waals surface area contributed by atoms with Gasteiger partial charge in [-0.05, 0) is 32.9 Å². The molecular weight excluding hydrogens is 190 g/mol. The molecule has 4 nitrogen and oxygen atoms in total. The number of likely N-dealkylation sites (tertiary alicyclic amines) is 1. The fraction of sp³-hybridized carbons (Fsp3) is 0.909. The lowest BCUT2D eigenvalue weighted by Crippen LogP contribution is -2.37. The highest BCUT2D eigenvalue weighted by Crippen LogP contribution is 2.26. The number of carbonyl (C=O) groups excluding carboxylic acids is 1. The van der Waals surface area contributed by atoms with Gasteiger partial charge in [0.05, 0.1) is 6.04 Å². The van der Waals surface area contributed by atoms with E-state index in [1.807, 2.05) is 16.8 Å². The minimum absolute atomic E-state index is 0.206. The summed E-state index contributed by atoms with van der Waals surface area (Å²) < 4.78 is 0. The van der Waals surface area contributed by atoms with Crippen molar-refractivity contribution in [2.75, 3.05) is 40.3 Å². The van der Waals surface area contributed by atoms with E-state index in [1.54, 1.807) is 0 Å². The van der Waals surface area contributed by atoms with E-state index >= 15 is 0 Å². The van der Waals surface area contributed by atoms with Gasteiger partial charge in [-0.15, -0.1) is 0 Å². The van der Waals surface area contributed by atoms with Crippen LogP contribution in [-0.4, -0.2) is 67.0 Å². The van der Waals surface area contributed by atoms with Gasteiger partial charge < -0.3 is 14.7 Å². The van der Waals surface area contributed by atoms with Gasteiger partial charge in [0, 0.05) is 26.7 Å². The second-order valence-corrected chi connectivity index (χ2v) is 4.81. The van der Waals surface area contributed by atoms with Crippen molar-refractivity contribution in [1.82, 2.24) is 14.7 Å². The van der Waals surface area contributed by atoms with E-state index in [0.717, 1.165) is 19.6 Å². The van der Waals surface area contributed by atoms with Gasteiger partial charge in [-0.25, -0.2) is 4.79 Å². The first-order chi connectivity index (χ1) is 7.13. The van der Waals surface area contributed by atoms with Crippen LogP contribution in [0.25, 0.3) is 0 Å². The molecule has 0 radical (unpaired) electrons. The van der Waals surface area contributed by atoms with Crippen LogP contribution >= 0.6 is 0 Å². The van der Waals surface area contributed by atoms with Gasteiger partial charge in [-0.1, -0.05) is 0 Å². The Morgan fingerprint density at radius 2 is 2.07 bits per heavy atom. The number of amides is 2. The maximum absolute atomic E-state index is 11.8. The van der Waals surface area contributed by atoms with Crippen molar-refractivity contribution in [2.45, 2.75) is 19.4 Å². The molecule has 0 N–H and O–H groups in total.